The fraction of sp³-hybridized carbons (Fsp3) is 0.667. The Morgan fingerprint density at radius 3 is 2.94 bits per heavy atom. The third-order valence-electron chi connectivity index (χ3n) is 3.87. The minimum atomic E-state index is 0.263. The molecule has 1 fully saturated rings. The number of Topliss-reactive ketones (excluding diaryl/α,β-unsaturated/α-hetero) is 1. The first kappa shape index (κ1) is 13.3. The Kier molecular flexibility index (Phi) is 4.59. The minimum Gasteiger partial charge on any atom is -0.357 e. The van der Waals surface area contributed by atoms with Crippen molar-refractivity contribution in [2.24, 2.45) is 7.05 Å². The zero-order valence-corrected chi connectivity index (χ0v) is 11.6. The highest BCUT2D eigenvalue weighted by Crippen LogP contribution is 2.21. The standard InChI is InChI=1S/C15H24N2O/c1-3-6-14-7-4-5-9-17(14)12-15(18)13-8-10-16(2)11-13/h8,10-11,14H,3-7,9,12H2,1-2H3. The zero-order valence-electron chi connectivity index (χ0n) is 11.6. The number of hydrogen-bond acceptors (Lipinski definition) is 2. The van der Waals surface area contributed by atoms with Crippen molar-refractivity contribution < 1.29 is 4.79 Å². The Morgan fingerprint density at radius 2 is 2.28 bits per heavy atom. The first-order chi connectivity index (χ1) is 8.70. The normalized spacial score (nSPS) is 21.1. The maximum Gasteiger partial charge on any atom is 0.178 e. The van der Waals surface area contributed by atoms with Gasteiger partial charge in [0.05, 0.1) is 6.54 Å². The third kappa shape index (κ3) is 3.22. The van der Waals surface area contributed by atoms with Gasteiger partial charge in [0, 0.05) is 31.0 Å². The predicted molar refractivity (Wildman–Crippen MR) is 73.9 cm³/mol. The molecule has 3 heteroatoms. The molecule has 1 unspecified atom stereocenters. The molecule has 1 saturated heterocycles. The summed E-state index contributed by atoms with van der Waals surface area (Å²) in [5.74, 6) is 0.263. The Morgan fingerprint density at radius 1 is 1.44 bits per heavy atom. The SMILES string of the molecule is CCCC1CCCCN1CC(=O)c1ccn(C)c1. The second-order valence-electron chi connectivity index (χ2n) is 5.40. The van der Waals surface area contributed by atoms with Crippen molar-refractivity contribution in [1.82, 2.24) is 9.47 Å². The summed E-state index contributed by atoms with van der Waals surface area (Å²) in [5, 5.41) is 0. The molecule has 2 rings (SSSR count). The van der Waals surface area contributed by atoms with E-state index in [1.54, 1.807) is 0 Å². The summed E-state index contributed by atoms with van der Waals surface area (Å²) in [5.41, 5.74) is 0.846. The average molecular weight is 248 g/mol. The van der Waals surface area contributed by atoms with Crippen LogP contribution in [0.5, 0.6) is 0 Å². The molecule has 0 aromatic carbocycles. The quantitative estimate of drug-likeness (QED) is 0.749. The van der Waals surface area contributed by atoms with Gasteiger partial charge < -0.3 is 4.57 Å². The maximum absolute atomic E-state index is 12.2. The number of aromatic nitrogens is 1. The van der Waals surface area contributed by atoms with E-state index in [2.05, 4.69) is 11.8 Å². The number of hydrogen-bond donors (Lipinski definition) is 0. The van der Waals surface area contributed by atoms with E-state index in [1.165, 1.54) is 32.1 Å². The molecule has 0 spiro atoms. The van der Waals surface area contributed by atoms with Crippen LogP contribution in [0.3, 0.4) is 0 Å². The van der Waals surface area contributed by atoms with Crippen molar-refractivity contribution in [2.45, 2.75) is 45.1 Å². The fourth-order valence-electron chi connectivity index (χ4n) is 2.87. The van der Waals surface area contributed by atoms with Gasteiger partial charge in [-0.1, -0.05) is 19.8 Å². The van der Waals surface area contributed by atoms with Gasteiger partial charge in [-0.25, -0.2) is 0 Å². The topological polar surface area (TPSA) is 25.2 Å². The van der Waals surface area contributed by atoms with Gasteiger partial charge in [0.1, 0.15) is 0 Å². The van der Waals surface area contributed by atoms with Crippen molar-refractivity contribution in [3.8, 4) is 0 Å². The maximum atomic E-state index is 12.2. The molecule has 0 N–H and O–H groups in total. The molecular formula is C15H24N2O. The Hall–Kier alpha value is -1.09. The number of nitrogens with zero attached hydrogens (tertiary/aromatic N) is 2. The lowest BCUT2D eigenvalue weighted by molar-refractivity contribution is 0.0831. The fourth-order valence-corrected chi connectivity index (χ4v) is 2.87. The molecule has 0 saturated carbocycles. The molecule has 0 bridgehead atoms. The summed E-state index contributed by atoms with van der Waals surface area (Å²) in [6.07, 6.45) is 10.1. The van der Waals surface area contributed by atoms with Crippen LogP contribution in [0.1, 0.15) is 49.4 Å². The lowest BCUT2D eigenvalue weighted by atomic mass is 9.97. The van der Waals surface area contributed by atoms with Gasteiger partial charge in [0.25, 0.3) is 0 Å². The van der Waals surface area contributed by atoms with Gasteiger partial charge >= 0.3 is 0 Å². The first-order valence-corrected chi connectivity index (χ1v) is 7.10. The summed E-state index contributed by atoms with van der Waals surface area (Å²) in [6.45, 7) is 3.91. The van der Waals surface area contributed by atoms with Gasteiger partial charge in [-0.2, -0.15) is 0 Å². The lowest BCUT2D eigenvalue weighted by Crippen LogP contribution is -2.42. The van der Waals surface area contributed by atoms with Crippen LogP contribution in [0.25, 0.3) is 0 Å². The van der Waals surface area contributed by atoms with Crippen LogP contribution in [0.15, 0.2) is 18.5 Å². The predicted octanol–water partition coefficient (Wildman–Crippen LogP) is 2.86. The molecule has 18 heavy (non-hydrogen) atoms. The van der Waals surface area contributed by atoms with E-state index in [1.807, 2.05) is 30.1 Å². The molecular weight excluding hydrogens is 224 g/mol. The summed E-state index contributed by atoms with van der Waals surface area (Å²) in [4.78, 5) is 14.6. The summed E-state index contributed by atoms with van der Waals surface area (Å²) in [6, 6.07) is 2.54. The Balaban J connectivity index is 1.96. The van der Waals surface area contributed by atoms with E-state index in [-0.39, 0.29) is 5.78 Å². The van der Waals surface area contributed by atoms with E-state index in [0.29, 0.717) is 12.6 Å². The highest BCUT2D eigenvalue weighted by Gasteiger charge is 2.23. The molecule has 0 amide bonds. The summed E-state index contributed by atoms with van der Waals surface area (Å²) in [7, 11) is 1.96. The third-order valence-corrected chi connectivity index (χ3v) is 3.87. The van der Waals surface area contributed by atoms with E-state index in [9.17, 15) is 4.79 Å². The Labute approximate surface area is 110 Å². The number of carbonyl (C=O) groups is 1. The van der Waals surface area contributed by atoms with Crippen LogP contribution in [0.4, 0.5) is 0 Å². The van der Waals surface area contributed by atoms with E-state index < -0.39 is 0 Å². The number of likely N-dealkylation sites (tertiary alicyclic amines) is 1. The van der Waals surface area contributed by atoms with Crippen LogP contribution in [0.2, 0.25) is 0 Å². The van der Waals surface area contributed by atoms with Crippen molar-refractivity contribution in [2.75, 3.05) is 13.1 Å². The monoisotopic (exact) mass is 248 g/mol. The van der Waals surface area contributed by atoms with Gasteiger partial charge in [-0.15, -0.1) is 0 Å². The smallest absolute Gasteiger partial charge is 0.178 e. The highest BCUT2D eigenvalue weighted by molar-refractivity contribution is 5.97. The van der Waals surface area contributed by atoms with Crippen molar-refractivity contribution in [1.29, 1.82) is 0 Å². The molecule has 0 radical (unpaired) electrons. The van der Waals surface area contributed by atoms with E-state index in [4.69, 9.17) is 0 Å². The summed E-state index contributed by atoms with van der Waals surface area (Å²) < 4.78 is 1.94. The number of piperidine rings is 1. The van der Waals surface area contributed by atoms with Gasteiger partial charge in [-0.05, 0) is 31.9 Å². The highest BCUT2D eigenvalue weighted by atomic mass is 16.1. The molecule has 100 valence electrons. The largest absolute Gasteiger partial charge is 0.357 e. The number of carbonyl (C=O) groups excluding carboxylic acids is 1. The van der Waals surface area contributed by atoms with Crippen molar-refractivity contribution >= 4 is 5.78 Å². The van der Waals surface area contributed by atoms with Crippen molar-refractivity contribution in [3.63, 3.8) is 0 Å². The lowest BCUT2D eigenvalue weighted by Gasteiger charge is -2.35. The molecule has 2 heterocycles. The zero-order chi connectivity index (χ0) is 13.0. The van der Waals surface area contributed by atoms with Crippen LogP contribution in [0, 0.1) is 0 Å². The molecule has 3 nitrogen and oxygen atoms in total. The average Bonchev–Trinajstić information content (AvgIpc) is 2.79. The van der Waals surface area contributed by atoms with Crippen LogP contribution >= 0.6 is 0 Å². The molecule has 1 aromatic rings. The molecule has 1 aliphatic heterocycles. The molecule has 1 aliphatic rings. The van der Waals surface area contributed by atoms with Gasteiger partial charge in [-0.3, -0.25) is 9.69 Å². The second kappa shape index (κ2) is 6.19. The first-order valence-electron chi connectivity index (χ1n) is 7.10. The van der Waals surface area contributed by atoms with Crippen LogP contribution in [-0.2, 0) is 7.05 Å². The number of ketones is 1. The number of rotatable bonds is 5. The van der Waals surface area contributed by atoms with Gasteiger partial charge in [0.2, 0.25) is 0 Å². The summed E-state index contributed by atoms with van der Waals surface area (Å²) >= 11 is 0. The van der Waals surface area contributed by atoms with E-state index in [0.717, 1.165) is 12.1 Å². The molecule has 1 atom stereocenters. The van der Waals surface area contributed by atoms with Crippen LogP contribution in [-0.4, -0.2) is 34.4 Å². The molecule has 1 aromatic heterocycles. The Bertz CT molecular complexity index is 395. The van der Waals surface area contributed by atoms with Gasteiger partial charge in [0.15, 0.2) is 5.78 Å². The minimum absolute atomic E-state index is 0.263. The van der Waals surface area contributed by atoms with Crippen molar-refractivity contribution in [3.05, 3.63) is 24.0 Å². The number of aryl methyl sites for hydroxylation is 1. The molecule has 0 aliphatic carbocycles. The second-order valence-corrected chi connectivity index (χ2v) is 5.40. The van der Waals surface area contributed by atoms with E-state index >= 15 is 0 Å². The van der Waals surface area contributed by atoms with Crippen LogP contribution < -0.4 is 0 Å².